The lowest BCUT2D eigenvalue weighted by atomic mass is 10.1. The molecule has 0 atom stereocenters. The first-order valence-corrected chi connectivity index (χ1v) is 7.81. The van der Waals surface area contributed by atoms with E-state index in [9.17, 15) is 14.4 Å². The molecule has 0 aliphatic heterocycles. The molecule has 8 nitrogen and oxygen atoms in total. The highest BCUT2D eigenvalue weighted by Crippen LogP contribution is 2.18. The first kappa shape index (κ1) is 18.0. The number of hydrogen-bond donors (Lipinski definition) is 2. The lowest BCUT2D eigenvalue weighted by Crippen LogP contribution is -2.39. The number of nitriles is 1. The van der Waals surface area contributed by atoms with Gasteiger partial charge in [0.25, 0.3) is 11.5 Å². The second-order valence-electron chi connectivity index (χ2n) is 5.56. The highest BCUT2D eigenvalue weighted by molar-refractivity contribution is 6.07. The Morgan fingerprint density at radius 3 is 2.76 bits per heavy atom. The van der Waals surface area contributed by atoms with Crippen molar-refractivity contribution in [2.75, 3.05) is 17.7 Å². The molecule has 2 rings (SSSR count). The van der Waals surface area contributed by atoms with Gasteiger partial charge in [0.1, 0.15) is 5.82 Å². The first-order chi connectivity index (χ1) is 11.9. The number of aromatic nitrogens is 2. The third-order valence-corrected chi connectivity index (χ3v) is 3.83. The summed E-state index contributed by atoms with van der Waals surface area (Å²) in [5.74, 6) is -0.565. The van der Waals surface area contributed by atoms with Gasteiger partial charge in [0, 0.05) is 19.2 Å². The molecule has 0 saturated heterocycles. The monoisotopic (exact) mass is 341 g/mol. The molecule has 0 bridgehead atoms. The van der Waals surface area contributed by atoms with Crippen molar-refractivity contribution in [2.45, 2.75) is 26.3 Å². The van der Waals surface area contributed by atoms with E-state index in [1.54, 1.807) is 12.1 Å². The summed E-state index contributed by atoms with van der Waals surface area (Å²) in [5, 5.41) is 8.95. The highest BCUT2D eigenvalue weighted by atomic mass is 16.2. The van der Waals surface area contributed by atoms with Gasteiger partial charge in [-0.25, -0.2) is 4.79 Å². The maximum Gasteiger partial charge on any atom is 0.330 e. The maximum atomic E-state index is 12.6. The van der Waals surface area contributed by atoms with E-state index in [0.717, 1.165) is 11.3 Å². The summed E-state index contributed by atoms with van der Waals surface area (Å²) >= 11 is 0. The Bertz CT molecular complexity index is 952. The van der Waals surface area contributed by atoms with Crippen LogP contribution in [0.5, 0.6) is 0 Å². The van der Waals surface area contributed by atoms with Crippen molar-refractivity contribution >= 4 is 17.4 Å². The van der Waals surface area contributed by atoms with Crippen LogP contribution in [0.4, 0.5) is 11.5 Å². The molecule has 0 aliphatic carbocycles. The van der Waals surface area contributed by atoms with E-state index in [2.05, 4.69) is 4.98 Å². The van der Waals surface area contributed by atoms with Crippen molar-refractivity contribution in [3.8, 4) is 6.07 Å². The second kappa shape index (κ2) is 7.49. The molecule has 2 aromatic rings. The van der Waals surface area contributed by atoms with Crippen LogP contribution in [0, 0.1) is 11.3 Å². The third-order valence-electron chi connectivity index (χ3n) is 3.83. The Morgan fingerprint density at radius 2 is 2.12 bits per heavy atom. The van der Waals surface area contributed by atoms with Crippen molar-refractivity contribution in [1.82, 2.24) is 9.55 Å². The van der Waals surface area contributed by atoms with Gasteiger partial charge >= 0.3 is 5.69 Å². The lowest BCUT2D eigenvalue weighted by molar-refractivity contribution is 0.0992. The van der Waals surface area contributed by atoms with Gasteiger partial charge in [0.15, 0.2) is 5.69 Å². The SMILES string of the molecule is CCCCn1c(N)c(N(C)C(=O)c2cccc(C#N)c2)c(=O)[nH]c1=O. The molecule has 1 aromatic heterocycles. The Labute approximate surface area is 144 Å². The van der Waals surface area contributed by atoms with E-state index in [4.69, 9.17) is 11.0 Å². The normalized spacial score (nSPS) is 10.3. The number of hydrogen-bond acceptors (Lipinski definition) is 5. The van der Waals surface area contributed by atoms with Crippen LogP contribution in [0.25, 0.3) is 0 Å². The number of anilines is 2. The molecule has 0 spiro atoms. The molecule has 1 amide bonds. The number of nitrogens with two attached hydrogens (primary N) is 1. The molecule has 0 saturated carbocycles. The topological polar surface area (TPSA) is 125 Å². The summed E-state index contributed by atoms with van der Waals surface area (Å²) in [4.78, 5) is 40.1. The smallest absolute Gasteiger partial charge is 0.330 e. The summed E-state index contributed by atoms with van der Waals surface area (Å²) in [7, 11) is 1.40. The van der Waals surface area contributed by atoms with Crippen LogP contribution in [0.2, 0.25) is 0 Å². The predicted molar refractivity (Wildman–Crippen MR) is 94.5 cm³/mol. The molecular weight excluding hydrogens is 322 g/mol. The first-order valence-electron chi connectivity index (χ1n) is 7.81. The summed E-state index contributed by atoms with van der Waals surface area (Å²) in [6.45, 7) is 2.31. The third kappa shape index (κ3) is 3.61. The van der Waals surface area contributed by atoms with Crippen LogP contribution < -0.4 is 21.9 Å². The fourth-order valence-electron chi connectivity index (χ4n) is 2.46. The van der Waals surface area contributed by atoms with Crippen molar-refractivity contribution < 1.29 is 4.79 Å². The minimum Gasteiger partial charge on any atom is -0.383 e. The van der Waals surface area contributed by atoms with Gasteiger partial charge in [-0.05, 0) is 24.6 Å². The average molecular weight is 341 g/mol. The molecule has 1 aromatic carbocycles. The Hall–Kier alpha value is -3.34. The summed E-state index contributed by atoms with van der Waals surface area (Å²) in [5.41, 5.74) is 5.13. The number of H-pyrrole nitrogens is 1. The number of unbranched alkanes of at least 4 members (excludes halogenated alkanes) is 1. The van der Waals surface area contributed by atoms with Crippen molar-refractivity contribution in [2.24, 2.45) is 0 Å². The maximum absolute atomic E-state index is 12.6. The second-order valence-corrected chi connectivity index (χ2v) is 5.56. The zero-order chi connectivity index (χ0) is 18.6. The number of nitrogens with zero attached hydrogens (tertiary/aromatic N) is 3. The minimum atomic E-state index is -0.734. The fourth-order valence-corrected chi connectivity index (χ4v) is 2.46. The van der Waals surface area contributed by atoms with E-state index in [0.29, 0.717) is 18.5 Å². The number of carbonyl (C=O) groups excluding carboxylic acids is 1. The molecule has 0 fully saturated rings. The molecular formula is C17H19N5O3. The standard InChI is InChI=1S/C17H19N5O3/c1-3-4-8-22-14(19)13(15(23)20-17(22)25)21(2)16(24)12-7-5-6-11(9-12)10-18/h5-7,9H,3-4,8,19H2,1-2H3,(H,20,23,25). The highest BCUT2D eigenvalue weighted by Gasteiger charge is 2.22. The van der Waals surface area contributed by atoms with E-state index < -0.39 is 17.2 Å². The number of aromatic amines is 1. The van der Waals surface area contributed by atoms with Crippen LogP contribution in [0.15, 0.2) is 33.9 Å². The van der Waals surface area contributed by atoms with Crippen LogP contribution in [0.1, 0.15) is 35.7 Å². The molecule has 0 radical (unpaired) electrons. The van der Waals surface area contributed by atoms with Crippen LogP contribution in [-0.4, -0.2) is 22.5 Å². The zero-order valence-corrected chi connectivity index (χ0v) is 14.1. The summed E-state index contributed by atoms with van der Waals surface area (Å²) in [6, 6.07) is 8.07. The van der Waals surface area contributed by atoms with Gasteiger partial charge in [-0.1, -0.05) is 19.4 Å². The molecule has 3 N–H and O–H groups in total. The minimum absolute atomic E-state index is 0.0607. The van der Waals surface area contributed by atoms with E-state index in [1.807, 2.05) is 13.0 Å². The van der Waals surface area contributed by atoms with E-state index in [1.165, 1.54) is 23.7 Å². The predicted octanol–water partition coefficient (Wildman–Crippen LogP) is 1.07. The number of rotatable bonds is 5. The zero-order valence-electron chi connectivity index (χ0n) is 14.1. The molecule has 130 valence electrons. The van der Waals surface area contributed by atoms with E-state index >= 15 is 0 Å². The Balaban J connectivity index is 2.49. The summed E-state index contributed by atoms with van der Waals surface area (Å²) in [6.07, 6.45) is 1.55. The fraction of sp³-hybridized carbons (Fsp3) is 0.294. The molecule has 0 unspecified atom stereocenters. The van der Waals surface area contributed by atoms with Gasteiger partial charge < -0.3 is 10.6 Å². The van der Waals surface area contributed by atoms with Crippen LogP contribution in [0.3, 0.4) is 0 Å². The summed E-state index contributed by atoms with van der Waals surface area (Å²) < 4.78 is 1.25. The van der Waals surface area contributed by atoms with Gasteiger partial charge in [0.05, 0.1) is 11.6 Å². The number of nitrogens with one attached hydrogen (secondary N) is 1. The van der Waals surface area contributed by atoms with Gasteiger partial charge in [0.2, 0.25) is 0 Å². The lowest BCUT2D eigenvalue weighted by Gasteiger charge is -2.20. The molecule has 8 heteroatoms. The number of carbonyl (C=O) groups is 1. The van der Waals surface area contributed by atoms with Crippen molar-refractivity contribution in [1.29, 1.82) is 5.26 Å². The number of nitrogen functional groups attached to an aromatic ring is 1. The van der Waals surface area contributed by atoms with Gasteiger partial charge in [-0.3, -0.25) is 19.1 Å². The van der Waals surface area contributed by atoms with Gasteiger partial charge in [-0.15, -0.1) is 0 Å². The van der Waals surface area contributed by atoms with Crippen LogP contribution >= 0.6 is 0 Å². The Kier molecular flexibility index (Phi) is 5.39. The van der Waals surface area contributed by atoms with Crippen LogP contribution in [-0.2, 0) is 6.54 Å². The Morgan fingerprint density at radius 1 is 1.40 bits per heavy atom. The molecule has 1 heterocycles. The van der Waals surface area contributed by atoms with Crippen molar-refractivity contribution in [3.63, 3.8) is 0 Å². The number of benzene rings is 1. The number of amides is 1. The van der Waals surface area contributed by atoms with E-state index in [-0.39, 0.29) is 17.1 Å². The molecule has 0 aliphatic rings. The van der Waals surface area contributed by atoms with Crippen molar-refractivity contribution in [3.05, 3.63) is 56.2 Å². The van der Waals surface area contributed by atoms with Gasteiger partial charge in [-0.2, -0.15) is 5.26 Å². The largest absolute Gasteiger partial charge is 0.383 e. The molecule has 25 heavy (non-hydrogen) atoms. The average Bonchev–Trinajstić information content (AvgIpc) is 2.60. The quantitative estimate of drug-likeness (QED) is 0.841.